The molecule has 1 atom stereocenters. The first-order valence-corrected chi connectivity index (χ1v) is 6.17. The van der Waals surface area contributed by atoms with Crippen LogP contribution in [-0.4, -0.2) is 16.0 Å². The van der Waals surface area contributed by atoms with Gasteiger partial charge in [-0.2, -0.15) is 0 Å². The molecule has 1 amide bonds. The highest BCUT2D eigenvalue weighted by Crippen LogP contribution is 2.28. The largest absolute Gasteiger partial charge is 0.382 e. The zero-order valence-corrected chi connectivity index (χ0v) is 9.70. The van der Waals surface area contributed by atoms with Crippen molar-refractivity contribution in [3.63, 3.8) is 0 Å². The van der Waals surface area contributed by atoms with Crippen molar-refractivity contribution >= 4 is 22.9 Å². The van der Waals surface area contributed by atoms with Crippen LogP contribution in [0.2, 0.25) is 0 Å². The highest BCUT2D eigenvalue weighted by Gasteiger charge is 2.20. The number of rotatable bonds is 2. The number of carbonyl (C=O) groups excluding carboxylic acids is 1. The van der Waals surface area contributed by atoms with Crippen molar-refractivity contribution < 1.29 is 9.90 Å². The maximum absolute atomic E-state index is 11.2. The van der Waals surface area contributed by atoms with E-state index in [9.17, 15) is 9.90 Å². The number of amides is 1. The van der Waals surface area contributed by atoms with Crippen LogP contribution in [-0.2, 0) is 11.2 Å². The molecule has 2 aromatic rings. The maximum Gasteiger partial charge on any atom is 0.228 e. The number of hydrogen-bond donors (Lipinski definition) is 2. The molecule has 1 aromatic heterocycles. The fraction of sp³-hybridized carbons (Fsp3) is 0.167. The smallest absolute Gasteiger partial charge is 0.228 e. The molecule has 0 spiro atoms. The second kappa shape index (κ2) is 3.94. The normalized spacial score (nSPS) is 15.5. The third kappa shape index (κ3) is 1.83. The summed E-state index contributed by atoms with van der Waals surface area (Å²) in [5.41, 5.74) is 4.88. The molecule has 0 fully saturated rings. The van der Waals surface area contributed by atoms with Crippen LogP contribution in [0.3, 0.4) is 0 Å². The quantitative estimate of drug-likeness (QED) is 0.848. The number of aliphatic hydroxyl groups is 1. The second-order valence-corrected chi connectivity index (χ2v) is 4.68. The number of nitrogens with one attached hydrogen (secondary N) is 1. The number of anilines is 1. The first-order valence-electron chi connectivity index (χ1n) is 5.23. The van der Waals surface area contributed by atoms with Crippen molar-refractivity contribution in [1.82, 2.24) is 4.98 Å². The van der Waals surface area contributed by atoms with Crippen LogP contribution in [0.1, 0.15) is 22.9 Å². The van der Waals surface area contributed by atoms with Crippen molar-refractivity contribution in [3.05, 3.63) is 45.9 Å². The Labute approximate surface area is 102 Å². The summed E-state index contributed by atoms with van der Waals surface area (Å²) >= 11 is 1.45. The Morgan fingerprint density at radius 3 is 3.12 bits per heavy atom. The van der Waals surface area contributed by atoms with Crippen molar-refractivity contribution in [2.75, 3.05) is 5.32 Å². The summed E-state index contributed by atoms with van der Waals surface area (Å²) in [7, 11) is 0. The number of thiazole rings is 1. The van der Waals surface area contributed by atoms with Gasteiger partial charge in [-0.3, -0.25) is 4.79 Å². The lowest BCUT2D eigenvalue weighted by Crippen LogP contribution is -2.03. The molecule has 5 heteroatoms. The number of fused-ring (bicyclic) bond motifs is 1. The molecule has 1 aromatic carbocycles. The van der Waals surface area contributed by atoms with Crippen LogP contribution in [0.25, 0.3) is 0 Å². The van der Waals surface area contributed by atoms with Gasteiger partial charge in [-0.1, -0.05) is 12.1 Å². The Bertz CT molecular complexity index is 566. The lowest BCUT2D eigenvalue weighted by Gasteiger charge is -2.09. The summed E-state index contributed by atoms with van der Waals surface area (Å²) in [4.78, 5) is 15.3. The lowest BCUT2D eigenvalue weighted by molar-refractivity contribution is -0.115. The standard InChI is InChI=1S/C12H10N2O2S/c15-11-4-8-3-7(1-2-9(8)14-11)12(16)10-5-17-6-13-10/h1-3,5-6,12,16H,4H2,(H,14,15). The third-order valence-corrected chi connectivity index (χ3v) is 3.41. The van der Waals surface area contributed by atoms with Crippen LogP contribution in [0.5, 0.6) is 0 Å². The molecular weight excluding hydrogens is 236 g/mol. The Morgan fingerprint density at radius 2 is 2.35 bits per heavy atom. The van der Waals surface area contributed by atoms with Gasteiger partial charge in [-0.05, 0) is 17.2 Å². The summed E-state index contributed by atoms with van der Waals surface area (Å²) in [6.07, 6.45) is -0.338. The minimum Gasteiger partial charge on any atom is -0.382 e. The Hall–Kier alpha value is -1.72. The van der Waals surface area contributed by atoms with E-state index in [1.165, 1.54) is 11.3 Å². The fourth-order valence-corrected chi connectivity index (χ4v) is 2.52. The molecule has 0 saturated carbocycles. The summed E-state index contributed by atoms with van der Waals surface area (Å²) in [6.45, 7) is 0. The molecule has 0 radical (unpaired) electrons. The highest BCUT2D eigenvalue weighted by atomic mass is 32.1. The molecule has 3 rings (SSSR count). The van der Waals surface area contributed by atoms with Crippen molar-refractivity contribution in [2.45, 2.75) is 12.5 Å². The van der Waals surface area contributed by atoms with Crippen molar-refractivity contribution in [1.29, 1.82) is 0 Å². The zero-order chi connectivity index (χ0) is 11.8. The van der Waals surface area contributed by atoms with E-state index in [1.807, 2.05) is 23.6 Å². The van der Waals surface area contributed by atoms with Gasteiger partial charge in [-0.15, -0.1) is 11.3 Å². The molecule has 0 bridgehead atoms. The van der Waals surface area contributed by atoms with Gasteiger partial charge in [0.1, 0.15) is 6.10 Å². The fourth-order valence-electron chi connectivity index (χ4n) is 1.95. The number of aliphatic hydroxyl groups excluding tert-OH is 1. The van der Waals surface area contributed by atoms with Crippen LogP contribution < -0.4 is 5.32 Å². The monoisotopic (exact) mass is 246 g/mol. The molecule has 0 aliphatic carbocycles. The van der Waals surface area contributed by atoms with E-state index >= 15 is 0 Å². The molecule has 1 aliphatic heterocycles. The number of hydrogen-bond acceptors (Lipinski definition) is 4. The number of carbonyl (C=O) groups is 1. The molecule has 86 valence electrons. The molecular formula is C12H10N2O2S. The van der Waals surface area contributed by atoms with Gasteiger partial charge < -0.3 is 10.4 Å². The van der Waals surface area contributed by atoms with Gasteiger partial charge in [0.05, 0.1) is 17.6 Å². The van der Waals surface area contributed by atoms with Crippen LogP contribution in [0.15, 0.2) is 29.1 Å². The summed E-state index contributed by atoms with van der Waals surface area (Å²) in [5.74, 6) is 0.000276. The van der Waals surface area contributed by atoms with Gasteiger partial charge in [0, 0.05) is 11.1 Å². The minimum absolute atomic E-state index is 0.000276. The Balaban J connectivity index is 1.95. The molecule has 0 saturated heterocycles. The van der Waals surface area contributed by atoms with E-state index in [2.05, 4.69) is 10.3 Å². The van der Waals surface area contributed by atoms with E-state index in [-0.39, 0.29) is 5.91 Å². The molecule has 17 heavy (non-hydrogen) atoms. The highest BCUT2D eigenvalue weighted by molar-refractivity contribution is 7.07. The van der Waals surface area contributed by atoms with Crippen molar-refractivity contribution in [3.8, 4) is 0 Å². The summed E-state index contributed by atoms with van der Waals surface area (Å²) in [6, 6.07) is 5.50. The molecule has 2 heterocycles. The van der Waals surface area contributed by atoms with Gasteiger partial charge >= 0.3 is 0 Å². The topological polar surface area (TPSA) is 62.2 Å². The van der Waals surface area contributed by atoms with E-state index in [4.69, 9.17) is 0 Å². The SMILES string of the molecule is O=C1Cc2cc(C(O)c3cscn3)ccc2N1. The average Bonchev–Trinajstić information content (AvgIpc) is 2.94. The number of benzene rings is 1. The predicted octanol–water partition coefficient (Wildman–Crippen LogP) is 1.72. The van der Waals surface area contributed by atoms with Gasteiger partial charge in [0.25, 0.3) is 0 Å². The third-order valence-electron chi connectivity index (χ3n) is 2.80. The van der Waals surface area contributed by atoms with E-state index < -0.39 is 6.10 Å². The van der Waals surface area contributed by atoms with Crippen LogP contribution in [0.4, 0.5) is 5.69 Å². The first kappa shape index (κ1) is 10.4. The van der Waals surface area contributed by atoms with Gasteiger partial charge in [0.2, 0.25) is 5.91 Å². The zero-order valence-electron chi connectivity index (χ0n) is 8.88. The van der Waals surface area contributed by atoms with Crippen LogP contribution >= 0.6 is 11.3 Å². The molecule has 2 N–H and O–H groups in total. The molecule has 4 nitrogen and oxygen atoms in total. The summed E-state index contributed by atoms with van der Waals surface area (Å²) < 4.78 is 0. The Kier molecular flexibility index (Phi) is 2.42. The van der Waals surface area contributed by atoms with Crippen LogP contribution in [0, 0.1) is 0 Å². The van der Waals surface area contributed by atoms with Gasteiger partial charge in [0.15, 0.2) is 0 Å². The van der Waals surface area contributed by atoms with Crippen molar-refractivity contribution in [2.24, 2.45) is 0 Å². The minimum atomic E-state index is -0.720. The van der Waals surface area contributed by atoms with E-state index in [0.29, 0.717) is 12.1 Å². The number of aromatic nitrogens is 1. The van der Waals surface area contributed by atoms with E-state index in [1.54, 1.807) is 5.51 Å². The van der Waals surface area contributed by atoms with Gasteiger partial charge in [-0.25, -0.2) is 4.98 Å². The number of nitrogens with zero attached hydrogens (tertiary/aromatic N) is 1. The first-order chi connectivity index (χ1) is 8.24. The predicted molar refractivity (Wildman–Crippen MR) is 65.0 cm³/mol. The maximum atomic E-state index is 11.2. The lowest BCUT2D eigenvalue weighted by atomic mass is 10.0. The molecule has 1 aliphatic rings. The average molecular weight is 246 g/mol. The van der Waals surface area contributed by atoms with E-state index in [0.717, 1.165) is 16.8 Å². The Morgan fingerprint density at radius 1 is 1.47 bits per heavy atom. The molecule has 1 unspecified atom stereocenters. The summed E-state index contributed by atoms with van der Waals surface area (Å²) in [5, 5.41) is 14.7. The second-order valence-electron chi connectivity index (χ2n) is 3.96.